The normalized spacial score (nSPS) is 11.8. The van der Waals surface area contributed by atoms with Crippen LogP contribution >= 0.6 is 0 Å². The molecule has 1 aromatic carbocycles. The van der Waals surface area contributed by atoms with Crippen molar-refractivity contribution in [2.24, 2.45) is 0 Å². The molecule has 0 bridgehead atoms. The highest BCUT2D eigenvalue weighted by molar-refractivity contribution is 5.80. The zero-order chi connectivity index (χ0) is 14.5. The van der Waals surface area contributed by atoms with Gasteiger partial charge in [0.1, 0.15) is 0 Å². The zero-order valence-electron chi connectivity index (χ0n) is 11.9. The first-order valence-corrected chi connectivity index (χ1v) is 6.44. The number of aromatic nitrogens is 1. The number of rotatable bonds is 4. The molecule has 0 spiro atoms. The Hall–Kier alpha value is -2.36. The van der Waals surface area contributed by atoms with Crippen LogP contribution in [-0.2, 0) is 9.53 Å². The fraction of sp³-hybridized carbons (Fsp3) is 0.250. The smallest absolute Gasteiger partial charge is 0.333 e. The fourth-order valence-electron chi connectivity index (χ4n) is 1.86. The van der Waals surface area contributed by atoms with E-state index in [1.807, 2.05) is 50.2 Å². The van der Waals surface area contributed by atoms with E-state index in [4.69, 9.17) is 4.74 Å². The average Bonchev–Trinajstić information content (AvgIpc) is 2.47. The topological polar surface area (TPSA) is 51.2 Å². The van der Waals surface area contributed by atoms with Crippen molar-refractivity contribution in [3.63, 3.8) is 0 Å². The highest BCUT2D eigenvalue weighted by Crippen LogP contribution is 2.21. The van der Waals surface area contributed by atoms with E-state index in [1.165, 1.54) is 12.7 Å². The lowest BCUT2D eigenvalue weighted by Crippen LogP contribution is -2.22. The summed E-state index contributed by atoms with van der Waals surface area (Å²) < 4.78 is 4.86. The fourth-order valence-corrected chi connectivity index (χ4v) is 1.86. The molecule has 0 radical (unpaired) electrons. The largest absolute Gasteiger partial charge is 0.467 e. The summed E-state index contributed by atoms with van der Waals surface area (Å²) in [5.41, 5.74) is 3.73. The number of carbonyl (C=O) groups is 1. The molecule has 1 atom stereocenters. The molecule has 0 aliphatic carbocycles. The van der Waals surface area contributed by atoms with Crippen molar-refractivity contribution in [2.75, 3.05) is 12.4 Å². The third kappa shape index (κ3) is 3.35. The molecular formula is C16H18N2O2. The Morgan fingerprint density at radius 2 is 1.85 bits per heavy atom. The van der Waals surface area contributed by atoms with Gasteiger partial charge >= 0.3 is 5.97 Å². The molecule has 104 valence electrons. The first kappa shape index (κ1) is 14.1. The molecule has 2 rings (SSSR count). The Labute approximate surface area is 118 Å². The molecule has 4 heteroatoms. The first-order valence-electron chi connectivity index (χ1n) is 6.44. The number of ether oxygens (including phenoxy) is 1. The Morgan fingerprint density at radius 3 is 2.40 bits per heavy atom. The summed E-state index contributed by atoms with van der Waals surface area (Å²) in [4.78, 5) is 16.2. The number of benzene rings is 1. The summed E-state index contributed by atoms with van der Waals surface area (Å²) in [5.74, 6) is -0.337. The summed E-state index contributed by atoms with van der Waals surface area (Å²) in [6.45, 7) is 3.93. The van der Waals surface area contributed by atoms with Gasteiger partial charge in [0.2, 0.25) is 0 Å². The van der Waals surface area contributed by atoms with E-state index >= 15 is 0 Å². The lowest BCUT2D eigenvalue weighted by molar-refractivity contribution is -0.141. The summed E-state index contributed by atoms with van der Waals surface area (Å²) in [5, 5.41) is 3.18. The molecule has 0 fully saturated rings. The minimum absolute atomic E-state index is 0.337. The van der Waals surface area contributed by atoms with Crippen LogP contribution < -0.4 is 5.32 Å². The first-order chi connectivity index (χ1) is 9.60. The highest BCUT2D eigenvalue weighted by atomic mass is 16.5. The number of aryl methyl sites for hydroxylation is 2. The van der Waals surface area contributed by atoms with Crippen LogP contribution in [0.5, 0.6) is 0 Å². The van der Waals surface area contributed by atoms with Crippen LogP contribution in [0.3, 0.4) is 0 Å². The van der Waals surface area contributed by atoms with Crippen LogP contribution in [0.15, 0.2) is 42.6 Å². The van der Waals surface area contributed by atoms with Gasteiger partial charge in [-0.15, -0.1) is 0 Å². The lowest BCUT2D eigenvalue weighted by Gasteiger charge is -2.18. The molecule has 0 aliphatic rings. The lowest BCUT2D eigenvalue weighted by atomic mass is 10.1. The predicted molar refractivity (Wildman–Crippen MR) is 78.5 cm³/mol. The van der Waals surface area contributed by atoms with Crippen LogP contribution in [0.25, 0.3) is 0 Å². The predicted octanol–water partition coefficient (Wildman–Crippen LogP) is 3.02. The maximum atomic E-state index is 12.0. The molecule has 0 amide bonds. The Bertz CT molecular complexity index is 576. The van der Waals surface area contributed by atoms with Gasteiger partial charge < -0.3 is 10.1 Å². The number of nitrogens with one attached hydrogen (secondary N) is 1. The number of methoxy groups -OCH3 is 1. The summed E-state index contributed by atoms with van der Waals surface area (Å²) >= 11 is 0. The molecule has 4 nitrogen and oxygen atoms in total. The third-order valence-electron chi connectivity index (χ3n) is 3.07. The van der Waals surface area contributed by atoms with Crippen molar-refractivity contribution in [3.8, 4) is 0 Å². The van der Waals surface area contributed by atoms with Gasteiger partial charge in [-0.25, -0.2) is 4.79 Å². The van der Waals surface area contributed by atoms with Gasteiger partial charge in [-0.05, 0) is 32.0 Å². The number of hydrogen-bond acceptors (Lipinski definition) is 4. The third-order valence-corrected chi connectivity index (χ3v) is 3.07. The van der Waals surface area contributed by atoms with Crippen LogP contribution in [0, 0.1) is 13.8 Å². The van der Waals surface area contributed by atoms with Crippen LogP contribution in [0.4, 0.5) is 5.69 Å². The number of carbonyl (C=O) groups excluding carboxylic acids is 1. The SMILES string of the molecule is COC(=O)C(Nc1ccc(C)cc1)c1ccc(C)nc1. The van der Waals surface area contributed by atoms with E-state index in [9.17, 15) is 4.79 Å². The summed E-state index contributed by atoms with van der Waals surface area (Å²) in [6, 6.07) is 11.1. The number of anilines is 1. The Balaban J connectivity index is 2.26. The second kappa shape index (κ2) is 6.19. The van der Waals surface area contributed by atoms with Crippen LogP contribution in [0.1, 0.15) is 22.9 Å². The van der Waals surface area contributed by atoms with E-state index in [1.54, 1.807) is 6.20 Å². The zero-order valence-corrected chi connectivity index (χ0v) is 11.9. The van der Waals surface area contributed by atoms with Crippen LogP contribution in [0.2, 0.25) is 0 Å². The van der Waals surface area contributed by atoms with Crippen molar-refractivity contribution in [3.05, 3.63) is 59.4 Å². The Kier molecular flexibility index (Phi) is 4.35. The molecule has 1 N–H and O–H groups in total. The molecule has 1 aromatic heterocycles. The maximum Gasteiger partial charge on any atom is 0.333 e. The van der Waals surface area contributed by atoms with Gasteiger partial charge in [0.25, 0.3) is 0 Å². The van der Waals surface area contributed by atoms with E-state index in [0.29, 0.717) is 0 Å². The average molecular weight is 270 g/mol. The standard InChI is InChI=1S/C16H18N2O2/c1-11-4-8-14(9-5-11)18-15(16(19)20-3)13-7-6-12(2)17-10-13/h4-10,15,18H,1-3H3. The second-order valence-electron chi connectivity index (χ2n) is 4.70. The van der Waals surface area contributed by atoms with Crippen molar-refractivity contribution < 1.29 is 9.53 Å². The van der Waals surface area contributed by atoms with Crippen molar-refractivity contribution in [2.45, 2.75) is 19.9 Å². The van der Waals surface area contributed by atoms with Gasteiger partial charge in [0, 0.05) is 23.1 Å². The second-order valence-corrected chi connectivity index (χ2v) is 4.70. The van der Waals surface area contributed by atoms with E-state index < -0.39 is 6.04 Å². The monoisotopic (exact) mass is 270 g/mol. The molecule has 0 aliphatic heterocycles. The summed E-state index contributed by atoms with van der Waals surface area (Å²) in [7, 11) is 1.38. The molecule has 1 heterocycles. The molecule has 1 unspecified atom stereocenters. The molecular weight excluding hydrogens is 252 g/mol. The van der Waals surface area contributed by atoms with E-state index in [-0.39, 0.29) is 5.97 Å². The van der Waals surface area contributed by atoms with Gasteiger partial charge in [-0.3, -0.25) is 4.98 Å². The Morgan fingerprint density at radius 1 is 1.15 bits per heavy atom. The quantitative estimate of drug-likeness (QED) is 0.868. The van der Waals surface area contributed by atoms with Crippen LogP contribution in [-0.4, -0.2) is 18.1 Å². The van der Waals surface area contributed by atoms with Crippen molar-refractivity contribution in [1.29, 1.82) is 0 Å². The molecule has 20 heavy (non-hydrogen) atoms. The van der Waals surface area contributed by atoms with Gasteiger partial charge in [-0.1, -0.05) is 23.8 Å². The molecule has 2 aromatic rings. The van der Waals surface area contributed by atoms with Gasteiger partial charge in [0.15, 0.2) is 6.04 Å². The highest BCUT2D eigenvalue weighted by Gasteiger charge is 2.21. The number of hydrogen-bond donors (Lipinski definition) is 1. The molecule has 0 saturated heterocycles. The van der Waals surface area contributed by atoms with Crippen molar-refractivity contribution >= 4 is 11.7 Å². The minimum Gasteiger partial charge on any atom is -0.467 e. The van der Waals surface area contributed by atoms with E-state index in [2.05, 4.69) is 10.3 Å². The van der Waals surface area contributed by atoms with Gasteiger partial charge in [0.05, 0.1) is 7.11 Å². The minimum atomic E-state index is -0.559. The van der Waals surface area contributed by atoms with E-state index in [0.717, 1.165) is 16.9 Å². The molecule has 0 saturated carbocycles. The number of nitrogens with zero attached hydrogens (tertiary/aromatic N) is 1. The number of esters is 1. The summed E-state index contributed by atoms with van der Waals surface area (Å²) in [6.07, 6.45) is 1.69. The van der Waals surface area contributed by atoms with Crippen molar-refractivity contribution in [1.82, 2.24) is 4.98 Å². The maximum absolute atomic E-state index is 12.0. The number of pyridine rings is 1. The van der Waals surface area contributed by atoms with Gasteiger partial charge in [-0.2, -0.15) is 0 Å².